The van der Waals surface area contributed by atoms with Crippen molar-refractivity contribution in [2.75, 3.05) is 22.1 Å². The molecule has 29 heavy (non-hydrogen) atoms. The van der Waals surface area contributed by atoms with Crippen LogP contribution >= 0.6 is 0 Å². The van der Waals surface area contributed by atoms with Crippen LogP contribution in [0.2, 0.25) is 0 Å². The standard InChI is InChI=1S/C22H27N3O4/c1-15(2)29-21-11-6-5-10-20(21)25(17(4)27)13-12-22(28)24-19-9-7-8-18(14-19)23-16(3)26/h5-11,14-15H,12-13H2,1-4H3,(H,23,26)(H,24,28). The van der Waals surface area contributed by atoms with Crippen LogP contribution in [-0.2, 0) is 14.4 Å². The third kappa shape index (κ3) is 6.95. The van der Waals surface area contributed by atoms with Crippen LogP contribution in [0.1, 0.15) is 34.1 Å². The molecular weight excluding hydrogens is 370 g/mol. The van der Waals surface area contributed by atoms with Gasteiger partial charge >= 0.3 is 0 Å². The minimum Gasteiger partial charge on any atom is -0.489 e. The molecule has 0 bridgehead atoms. The minimum absolute atomic E-state index is 0.0378. The average Bonchev–Trinajstić information content (AvgIpc) is 2.62. The zero-order valence-corrected chi connectivity index (χ0v) is 17.2. The van der Waals surface area contributed by atoms with Crippen molar-refractivity contribution in [3.05, 3.63) is 48.5 Å². The van der Waals surface area contributed by atoms with Gasteiger partial charge in [0, 0.05) is 38.2 Å². The third-order valence-electron chi connectivity index (χ3n) is 3.93. The maximum Gasteiger partial charge on any atom is 0.226 e. The van der Waals surface area contributed by atoms with Crippen molar-refractivity contribution in [3.63, 3.8) is 0 Å². The van der Waals surface area contributed by atoms with E-state index < -0.39 is 0 Å². The summed E-state index contributed by atoms with van der Waals surface area (Å²) in [6.45, 7) is 6.92. The molecule has 2 rings (SSSR count). The van der Waals surface area contributed by atoms with Gasteiger partial charge in [0.1, 0.15) is 5.75 Å². The first kappa shape index (κ1) is 21.9. The van der Waals surface area contributed by atoms with Gasteiger partial charge in [0.15, 0.2) is 0 Å². The van der Waals surface area contributed by atoms with Gasteiger partial charge in [0.25, 0.3) is 0 Å². The number of amides is 3. The molecule has 0 unspecified atom stereocenters. The number of ether oxygens (including phenoxy) is 1. The van der Waals surface area contributed by atoms with Crippen molar-refractivity contribution in [1.29, 1.82) is 0 Å². The second kappa shape index (κ2) is 10.3. The molecule has 0 aliphatic carbocycles. The first-order valence-corrected chi connectivity index (χ1v) is 9.47. The number of hydrogen-bond acceptors (Lipinski definition) is 4. The number of rotatable bonds is 8. The maximum atomic E-state index is 12.4. The largest absolute Gasteiger partial charge is 0.489 e. The van der Waals surface area contributed by atoms with Gasteiger partial charge in [-0.05, 0) is 44.2 Å². The lowest BCUT2D eigenvalue weighted by atomic mass is 10.2. The van der Waals surface area contributed by atoms with E-state index in [1.165, 1.54) is 18.7 Å². The summed E-state index contributed by atoms with van der Waals surface area (Å²) in [5, 5.41) is 5.46. The van der Waals surface area contributed by atoms with Gasteiger partial charge in [-0.3, -0.25) is 14.4 Å². The number of nitrogens with one attached hydrogen (secondary N) is 2. The summed E-state index contributed by atoms with van der Waals surface area (Å²) in [6.07, 6.45) is 0.0732. The lowest BCUT2D eigenvalue weighted by molar-refractivity contribution is -0.117. The van der Waals surface area contributed by atoms with E-state index in [1.54, 1.807) is 36.4 Å². The van der Waals surface area contributed by atoms with Crippen molar-refractivity contribution >= 4 is 34.8 Å². The summed E-state index contributed by atoms with van der Waals surface area (Å²) in [4.78, 5) is 37.3. The zero-order chi connectivity index (χ0) is 21.4. The van der Waals surface area contributed by atoms with Gasteiger partial charge < -0.3 is 20.3 Å². The van der Waals surface area contributed by atoms with Crippen LogP contribution in [0.15, 0.2) is 48.5 Å². The highest BCUT2D eigenvalue weighted by Gasteiger charge is 2.18. The van der Waals surface area contributed by atoms with E-state index in [0.717, 1.165) is 0 Å². The Hall–Kier alpha value is -3.35. The molecule has 0 radical (unpaired) electrons. The number of carbonyl (C=O) groups excluding carboxylic acids is 3. The molecule has 0 fully saturated rings. The number of carbonyl (C=O) groups is 3. The Labute approximate surface area is 171 Å². The summed E-state index contributed by atoms with van der Waals surface area (Å²) >= 11 is 0. The summed E-state index contributed by atoms with van der Waals surface area (Å²) in [5.41, 5.74) is 1.80. The number of nitrogens with zero attached hydrogens (tertiary/aromatic N) is 1. The van der Waals surface area contributed by atoms with E-state index in [4.69, 9.17) is 4.74 Å². The Morgan fingerprint density at radius 3 is 2.24 bits per heavy atom. The lowest BCUT2D eigenvalue weighted by Crippen LogP contribution is -2.32. The summed E-state index contributed by atoms with van der Waals surface area (Å²) in [7, 11) is 0. The van der Waals surface area contributed by atoms with Gasteiger partial charge in [0.05, 0.1) is 11.8 Å². The van der Waals surface area contributed by atoms with Crippen LogP contribution in [0, 0.1) is 0 Å². The van der Waals surface area contributed by atoms with E-state index >= 15 is 0 Å². The highest BCUT2D eigenvalue weighted by Crippen LogP contribution is 2.29. The highest BCUT2D eigenvalue weighted by molar-refractivity contribution is 5.96. The second-order valence-electron chi connectivity index (χ2n) is 6.87. The Balaban J connectivity index is 2.05. The fourth-order valence-electron chi connectivity index (χ4n) is 2.80. The predicted molar refractivity (Wildman–Crippen MR) is 114 cm³/mol. The Kier molecular flexibility index (Phi) is 7.77. The van der Waals surface area contributed by atoms with Gasteiger partial charge in [-0.15, -0.1) is 0 Å². The molecule has 0 heterocycles. The number of hydrogen-bond donors (Lipinski definition) is 2. The van der Waals surface area contributed by atoms with Crippen LogP contribution in [0.25, 0.3) is 0 Å². The smallest absolute Gasteiger partial charge is 0.226 e. The number of benzene rings is 2. The molecule has 0 spiro atoms. The first-order chi connectivity index (χ1) is 13.8. The summed E-state index contributed by atoms with van der Waals surface area (Å²) in [5.74, 6) is -0.00211. The molecule has 0 saturated carbocycles. The van der Waals surface area contributed by atoms with E-state index in [9.17, 15) is 14.4 Å². The number of para-hydroxylation sites is 2. The van der Waals surface area contributed by atoms with Crippen molar-refractivity contribution in [2.24, 2.45) is 0 Å². The molecule has 3 amide bonds. The Morgan fingerprint density at radius 2 is 1.62 bits per heavy atom. The van der Waals surface area contributed by atoms with Crippen molar-refractivity contribution in [3.8, 4) is 5.75 Å². The first-order valence-electron chi connectivity index (χ1n) is 9.47. The van der Waals surface area contributed by atoms with Gasteiger partial charge in [-0.25, -0.2) is 0 Å². The minimum atomic E-state index is -0.238. The molecule has 0 aromatic heterocycles. The molecule has 0 saturated heterocycles. The SMILES string of the molecule is CC(=O)Nc1cccc(NC(=O)CCN(C(C)=O)c2ccccc2OC(C)C)c1. The van der Waals surface area contributed by atoms with Crippen LogP contribution in [0.4, 0.5) is 17.1 Å². The van der Waals surface area contributed by atoms with E-state index in [-0.39, 0.29) is 36.8 Å². The van der Waals surface area contributed by atoms with Gasteiger partial charge in [0.2, 0.25) is 17.7 Å². The Morgan fingerprint density at radius 1 is 0.966 bits per heavy atom. The van der Waals surface area contributed by atoms with Crippen LogP contribution in [0.5, 0.6) is 5.75 Å². The van der Waals surface area contributed by atoms with Gasteiger partial charge in [-0.1, -0.05) is 18.2 Å². The summed E-state index contributed by atoms with van der Waals surface area (Å²) in [6, 6.07) is 14.2. The van der Waals surface area contributed by atoms with Crippen LogP contribution in [0.3, 0.4) is 0 Å². The predicted octanol–water partition coefficient (Wildman–Crippen LogP) is 3.81. The molecule has 154 valence electrons. The molecule has 2 N–H and O–H groups in total. The monoisotopic (exact) mass is 397 g/mol. The zero-order valence-electron chi connectivity index (χ0n) is 17.2. The topological polar surface area (TPSA) is 87.7 Å². The lowest BCUT2D eigenvalue weighted by Gasteiger charge is -2.24. The third-order valence-corrected chi connectivity index (χ3v) is 3.93. The molecule has 7 nitrogen and oxygen atoms in total. The van der Waals surface area contributed by atoms with Crippen molar-refractivity contribution in [1.82, 2.24) is 0 Å². The van der Waals surface area contributed by atoms with E-state index in [1.807, 2.05) is 26.0 Å². The normalized spacial score (nSPS) is 10.4. The van der Waals surface area contributed by atoms with Crippen LogP contribution < -0.4 is 20.3 Å². The molecule has 7 heteroatoms. The van der Waals surface area contributed by atoms with Gasteiger partial charge in [-0.2, -0.15) is 0 Å². The number of anilines is 3. The fourth-order valence-corrected chi connectivity index (χ4v) is 2.80. The van der Waals surface area contributed by atoms with Crippen molar-refractivity contribution < 1.29 is 19.1 Å². The Bertz CT molecular complexity index is 880. The fraction of sp³-hybridized carbons (Fsp3) is 0.318. The molecule has 0 atom stereocenters. The highest BCUT2D eigenvalue weighted by atomic mass is 16.5. The quantitative estimate of drug-likeness (QED) is 0.709. The summed E-state index contributed by atoms with van der Waals surface area (Å²) < 4.78 is 5.79. The molecule has 2 aromatic rings. The molecule has 0 aliphatic rings. The second-order valence-corrected chi connectivity index (χ2v) is 6.87. The molecule has 0 aliphatic heterocycles. The van der Waals surface area contributed by atoms with E-state index in [2.05, 4.69) is 10.6 Å². The van der Waals surface area contributed by atoms with Crippen LogP contribution in [-0.4, -0.2) is 30.4 Å². The average molecular weight is 397 g/mol. The molecular formula is C22H27N3O4. The maximum absolute atomic E-state index is 12.4. The van der Waals surface area contributed by atoms with E-state index in [0.29, 0.717) is 22.8 Å². The van der Waals surface area contributed by atoms with Crippen molar-refractivity contribution in [2.45, 2.75) is 40.2 Å². The molecule has 2 aromatic carbocycles.